The lowest BCUT2D eigenvalue weighted by molar-refractivity contribution is -0.139. The van der Waals surface area contributed by atoms with Crippen LogP contribution in [-0.2, 0) is 14.8 Å². The molecule has 3 rings (SSSR count). The SMILES string of the molecule is CCCN1CCCCC1C(=O)N1CCN(S(=O)(=O)c2ccc(C)cc2C)CC1. The molecule has 0 bridgehead atoms. The van der Waals surface area contributed by atoms with Gasteiger partial charge in [-0.2, -0.15) is 4.31 Å². The number of piperazine rings is 1. The Morgan fingerprint density at radius 3 is 2.43 bits per heavy atom. The summed E-state index contributed by atoms with van der Waals surface area (Å²) in [5, 5.41) is 0. The number of hydrogen-bond acceptors (Lipinski definition) is 4. The van der Waals surface area contributed by atoms with Crippen molar-refractivity contribution >= 4 is 15.9 Å². The van der Waals surface area contributed by atoms with Gasteiger partial charge in [0, 0.05) is 26.2 Å². The molecule has 1 aromatic carbocycles. The topological polar surface area (TPSA) is 60.9 Å². The largest absolute Gasteiger partial charge is 0.339 e. The van der Waals surface area contributed by atoms with Gasteiger partial charge in [-0.05, 0) is 57.8 Å². The van der Waals surface area contributed by atoms with E-state index in [0.717, 1.165) is 49.9 Å². The molecular weight excluding hydrogens is 374 g/mol. The van der Waals surface area contributed by atoms with E-state index in [0.29, 0.717) is 31.1 Å². The van der Waals surface area contributed by atoms with E-state index >= 15 is 0 Å². The Bertz CT molecular complexity index is 799. The van der Waals surface area contributed by atoms with Crippen molar-refractivity contribution in [2.75, 3.05) is 39.3 Å². The molecule has 0 aliphatic carbocycles. The van der Waals surface area contributed by atoms with Crippen LogP contribution >= 0.6 is 0 Å². The van der Waals surface area contributed by atoms with Gasteiger partial charge < -0.3 is 4.90 Å². The number of benzene rings is 1. The van der Waals surface area contributed by atoms with Crippen LogP contribution in [0.3, 0.4) is 0 Å². The minimum atomic E-state index is -3.52. The minimum Gasteiger partial charge on any atom is -0.339 e. The lowest BCUT2D eigenvalue weighted by Crippen LogP contribution is -2.56. The molecule has 28 heavy (non-hydrogen) atoms. The quantitative estimate of drug-likeness (QED) is 0.752. The lowest BCUT2D eigenvalue weighted by atomic mass is 10.0. The zero-order valence-electron chi connectivity index (χ0n) is 17.4. The second-order valence-corrected chi connectivity index (χ2v) is 9.95. The Hall–Kier alpha value is -1.44. The summed E-state index contributed by atoms with van der Waals surface area (Å²) in [5.41, 5.74) is 1.83. The summed E-state index contributed by atoms with van der Waals surface area (Å²) in [5.74, 6) is 0.178. The van der Waals surface area contributed by atoms with Crippen molar-refractivity contribution in [2.24, 2.45) is 0 Å². The molecule has 1 atom stereocenters. The Labute approximate surface area is 169 Å². The minimum absolute atomic E-state index is 0.0313. The summed E-state index contributed by atoms with van der Waals surface area (Å²) in [6.07, 6.45) is 4.22. The highest BCUT2D eigenvalue weighted by atomic mass is 32.2. The van der Waals surface area contributed by atoms with Crippen LogP contribution < -0.4 is 0 Å². The van der Waals surface area contributed by atoms with Crippen molar-refractivity contribution < 1.29 is 13.2 Å². The zero-order valence-corrected chi connectivity index (χ0v) is 18.2. The predicted octanol–water partition coefficient (Wildman–Crippen LogP) is 2.40. The van der Waals surface area contributed by atoms with Crippen LogP contribution in [0.25, 0.3) is 0 Å². The molecule has 2 fully saturated rings. The molecule has 0 saturated carbocycles. The maximum atomic E-state index is 13.1. The number of hydrogen-bond donors (Lipinski definition) is 0. The molecule has 1 aromatic rings. The first-order valence-corrected chi connectivity index (χ1v) is 11.9. The van der Waals surface area contributed by atoms with Gasteiger partial charge in [0.05, 0.1) is 10.9 Å². The highest BCUT2D eigenvalue weighted by Crippen LogP contribution is 2.24. The van der Waals surface area contributed by atoms with E-state index in [1.807, 2.05) is 30.9 Å². The standard InChI is InChI=1S/C21H33N3O3S/c1-4-10-22-11-6-5-7-19(22)21(25)23-12-14-24(15-13-23)28(26,27)20-9-8-17(2)16-18(20)3/h8-9,16,19H,4-7,10-15H2,1-3H3. The molecule has 0 spiro atoms. The van der Waals surface area contributed by atoms with Gasteiger partial charge in [0.15, 0.2) is 0 Å². The molecule has 7 heteroatoms. The Kier molecular flexibility index (Phi) is 6.78. The molecule has 1 unspecified atom stereocenters. The maximum absolute atomic E-state index is 13.1. The summed E-state index contributed by atoms with van der Waals surface area (Å²) in [6, 6.07) is 5.40. The second kappa shape index (κ2) is 8.93. The van der Waals surface area contributed by atoms with Gasteiger partial charge >= 0.3 is 0 Å². The Morgan fingerprint density at radius 2 is 1.79 bits per heavy atom. The fraction of sp³-hybridized carbons (Fsp3) is 0.667. The number of amides is 1. The summed E-state index contributed by atoms with van der Waals surface area (Å²) in [7, 11) is -3.52. The molecule has 0 aromatic heterocycles. The van der Waals surface area contributed by atoms with Gasteiger partial charge in [-0.25, -0.2) is 8.42 Å². The maximum Gasteiger partial charge on any atom is 0.243 e. The van der Waals surface area contributed by atoms with Gasteiger partial charge in [-0.3, -0.25) is 9.69 Å². The normalized spacial score (nSPS) is 22.4. The van der Waals surface area contributed by atoms with Crippen LogP contribution in [-0.4, -0.2) is 73.7 Å². The number of rotatable bonds is 5. The molecule has 2 saturated heterocycles. The van der Waals surface area contributed by atoms with Crippen molar-refractivity contribution in [3.63, 3.8) is 0 Å². The molecule has 0 N–H and O–H groups in total. The van der Waals surface area contributed by atoms with E-state index in [9.17, 15) is 13.2 Å². The van der Waals surface area contributed by atoms with E-state index in [-0.39, 0.29) is 11.9 Å². The first-order chi connectivity index (χ1) is 13.3. The van der Waals surface area contributed by atoms with Gasteiger partial charge in [-0.15, -0.1) is 0 Å². The van der Waals surface area contributed by atoms with Gasteiger partial charge in [0.25, 0.3) is 0 Å². The molecule has 2 aliphatic heterocycles. The molecular formula is C21H33N3O3S. The molecule has 156 valence electrons. The van der Waals surface area contributed by atoms with Crippen molar-refractivity contribution in [3.05, 3.63) is 29.3 Å². The molecule has 1 amide bonds. The van der Waals surface area contributed by atoms with Crippen molar-refractivity contribution in [1.82, 2.24) is 14.1 Å². The van der Waals surface area contributed by atoms with Gasteiger partial charge in [-0.1, -0.05) is 31.0 Å². The van der Waals surface area contributed by atoms with Crippen LogP contribution in [0.5, 0.6) is 0 Å². The first-order valence-electron chi connectivity index (χ1n) is 10.4. The highest BCUT2D eigenvalue weighted by Gasteiger charge is 2.35. The predicted molar refractivity (Wildman–Crippen MR) is 111 cm³/mol. The lowest BCUT2D eigenvalue weighted by Gasteiger charge is -2.40. The van der Waals surface area contributed by atoms with E-state index in [4.69, 9.17) is 0 Å². The monoisotopic (exact) mass is 407 g/mol. The third-order valence-corrected chi connectivity index (χ3v) is 7.97. The van der Waals surface area contributed by atoms with Crippen molar-refractivity contribution in [3.8, 4) is 0 Å². The Morgan fingerprint density at radius 1 is 1.07 bits per heavy atom. The summed E-state index contributed by atoms with van der Waals surface area (Å²) in [6.45, 7) is 9.56. The number of aryl methyl sites for hydroxylation is 2. The fourth-order valence-electron chi connectivity index (χ4n) is 4.41. The smallest absolute Gasteiger partial charge is 0.243 e. The second-order valence-electron chi connectivity index (χ2n) is 8.05. The molecule has 2 heterocycles. The third-order valence-electron chi connectivity index (χ3n) is 5.91. The number of nitrogens with zero attached hydrogens (tertiary/aromatic N) is 3. The van der Waals surface area contributed by atoms with Crippen molar-refractivity contribution in [2.45, 2.75) is 57.4 Å². The summed E-state index contributed by atoms with van der Waals surface area (Å²) >= 11 is 0. The number of sulfonamides is 1. The average molecular weight is 408 g/mol. The average Bonchev–Trinajstić information content (AvgIpc) is 2.68. The van der Waals surface area contributed by atoms with E-state index < -0.39 is 10.0 Å². The van der Waals surface area contributed by atoms with Crippen LogP contribution in [0.4, 0.5) is 0 Å². The third kappa shape index (κ3) is 4.42. The van der Waals surface area contributed by atoms with Crippen molar-refractivity contribution in [1.29, 1.82) is 0 Å². The molecule has 2 aliphatic rings. The van der Waals surface area contributed by atoms with Crippen LogP contribution in [0.15, 0.2) is 23.1 Å². The Balaban J connectivity index is 1.65. The van der Waals surface area contributed by atoms with E-state index in [1.54, 1.807) is 6.07 Å². The number of piperidine rings is 1. The van der Waals surface area contributed by atoms with E-state index in [2.05, 4.69) is 11.8 Å². The molecule has 0 radical (unpaired) electrons. The van der Waals surface area contributed by atoms with Gasteiger partial charge in [0.2, 0.25) is 15.9 Å². The van der Waals surface area contributed by atoms with Crippen LogP contribution in [0, 0.1) is 13.8 Å². The van der Waals surface area contributed by atoms with E-state index in [1.165, 1.54) is 4.31 Å². The van der Waals surface area contributed by atoms with Crippen LogP contribution in [0.2, 0.25) is 0 Å². The number of carbonyl (C=O) groups is 1. The van der Waals surface area contributed by atoms with Gasteiger partial charge in [0.1, 0.15) is 0 Å². The number of likely N-dealkylation sites (tertiary alicyclic amines) is 1. The summed E-state index contributed by atoms with van der Waals surface area (Å²) in [4.78, 5) is 17.6. The zero-order chi connectivity index (χ0) is 20.3. The summed E-state index contributed by atoms with van der Waals surface area (Å²) < 4.78 is 27.6. The van der Waals surface area contributed by atoms with Crippen LogP contribution in [0.1, 0.15) is 43.7 Å². The highest BCUT2D eigenvalue weighted by molar-refractivity contribution is 7.89. The fourth-order valence-corrected chi connectivity index (χ4v) is 6.04. The molecule has 6 nitrogen and oxygen atoms in total. The number of carbonyl (C=O) groups excluding carboxylic acids is 1. The first kappa shape index (κ1) is 21.3.